The molecule has 6 nitrogen and oxygen atoms in total. The highest BCUT2D eigenvalue weighted by molar-refractivity contribution is 5.96. The molecule has 2 amide bonds. The van der Waals surface area contributed by atoms with Crippen molar-refractivity contribution >= 4 is 17.5 Å². The first kappa shape index (κ1) is 19.1. The summed E-state index contributed by atoms with van der Waals surface area (Å²) in [4.78, 5) is 27.9. The Morgan fingerprint density at radius 3 is 2.37 bits per heavy atom. The number of rotatable bonds is 5. The quantitative estimate of drug-likeness (QED) is 0.845. The summed E-state index contributed by atoms with van der Waals surface area (Å²) in [5, 5.41) is 2.89. The van der Waals surface area contributed by atoms with Crippen molar-refractivity contribution in [3.63, 3.8) is 0 Å². The number of amides is 2. The third kappa shape index (κ3) is 4.72. The summed E-state index contributed by atoms with van der Waals surface area (Å²) in [6, 6.07) is 17.2. The second-order valence-corrected chi connectivity index (χ2v) is 7.20. The number of nitrogens with two attached hydrogens (primary N) is 1. The van der Waals surface area contributed by atoms with Gasteiger partial charge in [-0.2, -0.15) is 0 Å². The third-order valence-corrected chi connectivity index (χ3v) is 4.86. The van der Waals surface area contributed by atoms with Crippen molar-refractivity contribution < 1.29 is 9.59 Å². The standard InChI is InChI=1S/C21H26N4O2/c1-24(2)21(27)16-8-10-17(11-9-16)23-20(26)14-25-12-18(19(22)13-25)15-6-4-3-5-7-15/h3-11,18-19H,12-14,22H2,1-2H3,(H,23,26)/t18-,19+/m0/s1. The van der Waals surface area contributed by atoms with Gasteiger partial charge in [-0.25, -0.2) is 0 Å². The van der Waals surface area contributed by atoms with Crippen LogP contribution >= 0.6 is 0 Å². The number of carbonyl (C=O) groups excluding carboxylic acids is 2. The van der Waals surface area contributed by atoms with Crippen LogP contribution in [0.2, 0.25) is 0 Å². The van der Waals surface area contributed by atoms with Crippen molar-refractivity contribution in [1.29, 1.82) is 0 Å². The number of benzene rings is 2. The first-order valence-corrected chi connectivity index (χ1v) is 9.08. The highest BCUT2D eigenvalue weighted by atomic mass is 16.2. The fourth-order valence-corrected chi connectivity index (χ4v) is 3.45. The number of hydrogen-bond acceptors (Lipinski definition) is 4. The van der Waals surface area contributed by atoms with E-state index in [2.05, 4.69) is 22.3 Å². The van der Waals surface area contributed by atoms with Crippen molar-refractivity contribution in [2.45, 2.75) is 12.0 Å². The molecule has 0 bridgehead atoms. The van der Waals surface area contributed by atoms with Crippen molar-refractivity contribution in [3.05, 3.63) is 65.7 Å². The van der Waals surface area contributed by atoms with Crippen molar-refractivity contribution in [1.82, 2.24) is 9.80 Å². The van der Waals surface area contributed by atoms with Crippen LogP contribution in [0.3, 0.4) is 0 Å². The molecule has 1 fully saturated rings. The minimum Gasteiger partial charge on any atom is -0.345 e. The van der Waals surface area contributed by atoms with Gasteiger partial charge in [0.1, 0.15) is 0 Å². The zero-order valence-electron chi connectivity index (χ0n) is 15.8. The molecule has 0 unspecified atom stereocenters. The van der Waals surface area contributed by atoms with Crippen LogP contribution in [0.25, 0.3) is 0 Å². The molecule has 0 aromatic heterocycles. The topological polar surface area (TPSA) is 78.7 Å². The highest BCUT2D eigenvalue weighted by Gasteiger charge is 2.31. The monoisotopic (exact) mass is 366 g/mol. The number of hydrogen-bond donors (Lipinski definition) is 2. The molecular weight excluding hydrogens is 340 g/mol. The molecule has 1 aliphatic heterocycles. The van der Waals surface area contributed by atoms with E-state index < -0.39 is 0 Å². The Balaban J connectivity index is 1.55. The Kier molecular flexibility index (Phi) is 5.88. The lowest BCUT2D eigenvalue weighted by atomic mass is 9.95. The normalized spacial score (nSPS) is 19.7. The van der Waals surface area contributed by atoms with Crippen molar-refractivity contribution in [2.24, 2.45) is 5.73 Å². The molecule has 3 rings (SSSR count). The number of nitrogens with zero attached hydrogens (tertiary/aromatic N) is 2. The van der Waals surface area contributed by atoms with Crippen LogP contribution < -0.4 is 11.1 Å². The molecule has 2 atom stereocenters. The van der Waals surface area contributed by atoms with E-state index in [-0.39, 0.29) is 23.8 Å². The van der Waals surface area contributed by atoms with E-state index in [4.69, 9.17) is 5.73 Å². The number of likely N-dealkylation sites (tertiary alicyclic amines) is 1. The Labute approximate surface area is 159 Å². The Morgan fingerprint density at radius 2 is 1.74 bits per heavy atom. The Morgan fingerprint density at radius 1 is 1.07 bits per heavy atom. The van der Waals surface area contributed by atoms with E-state index in [0.29, 0.717) is 24.3 Å². The number of anilines is 1. The van der Waals surface area contributed by atoms with Gasteiger partial charge in [-0.3, -0.25) is 14.5 Å². The van der Waals surface area contributed by atoms with E-state index in [9.17, 15) is 9.59 Å². The zero-order chi connectivity index (χ0) is 19.4. The van der Waals surface area contributed by atoms with Crippen LogP contribution in [-0.2, 0) is 4.79 Å². The van der Waals surface area contributed by atoms with Gasteiger partial charge in [0, 0.05) is 50.4 Å². The molecule has 1 aliphatic rings. The second kappa shape index (κ2) is 8.33. The van der Waals surface area contributed by atoms with Crippen LogP contribution in [0.5, 0.6) is 0 Å². The minimum absolute atomic E-state index is 0.0246. The molecule has 0 spiro atoms. The smallest absolute Gasteiger partial charge is 0.253 e. The lowest BCUT2D eigenvalue weighted by Crippen LogP contribution is -2.33. The summed E-state index contributed by atoms with van der Waals surface area (Å²) in [6.07, 6.45) is 0. The lowest BCUT2D eigenvalue weighted by Gasteiger charge is -2.16. The molecule has 6 heteroatoms. The van der Waals surface area contributed by atoms with Crippen molar-refractivity contribution in [3.8, 4) is 0 Å². The Hall–Kier alpha value is -2.70. The van der Waals surface area contributed by atoms with Gasteiger partial charge in [-0.1, -0.05) is 30.3 Å². The molecule has 1 saturated heterocycles. The average molecular weight is 366 g/mol. The van der Waals surface area contributed by atoms with Gasteiger partial charge in [-0.15, -0.1) is 0 Å². The van der Waals surface area contributed by atoms with Crippen LogP contribution in [0.15, 0.2) is 54.6 Å². The van der Waals surface area contributed by atoms with E-state index >= 15 is 0 Å². The summed E-state index contributed by atoms with van der Waals surface area (Å²) in [6.45, 7) is 1.77. The van der Waals surface area contributed by atoms with Gasteiger partial charge in [0.05, 0.1) is 6.54 Å². The molecule has 27 heavy (non-hydrogen) atoms. The summed E-state index contributed by atoms with van der Waals surface area (Å²) in [7, 11) is 3.42. The predicted octanol–water partition coefficient (Wildman–Crippen LogP) is 1.75. The van der Waals surface area contributed by atoms with E-state index in [1.165, 1.54) is 10.5 Å². The first-order chi connectivity index (χ1) is 12.9. The highest BCUT2D eigenvalue weighted by Crippen LogP contribution is 2.26. The molecule has 142 valence electrons. The maximum atomic E-state index is 12.4. The van der Waals surface area contributed by atoms with Gasteiger partial charge in [-0.05, 0) is 29.8 Å². The number of nitrogens with one attached hydrogen (secondary N) is 1. The molecule has 0 saturated carbocycles. The van der Waals surface area contributed by atoms with Crippen LogP contribution in [0.1, 0.15) is 21.8 Å². The van der Waals surface area contributed by atoms with E-state index in [1.807, 2.05) is 18.2 Å². The maximum absolute atomic E-state index is 12.4. The summed E-state index contributed by atoms with van der Waals surface area (Å²) < 4.78 is 0. The largest absolute Gasteiger partial charge is 0.345 e. The molecule has 2 aromatic rings. The maximum Gasteiger partial charge on any atom is 0.253 e. The average Bonchev–Trinajstić information content (AvgIpc) is 3.02. The van der Waals surface area contributed by atoms with E-state index in [0.717, 1.165) is 6.54 Å². The zero-order valence-corrected chi connectivity index (χ0v) is 15.8. The SMILES string of the molecule is CN(C)C(=O)c1ccc(NC(=O)CN2C[C@@H](N)[C@H](c3ccccc3)C2)cc1. The molecule has 1 heterocycles. The van der Waals surface area contributed by atoms with Crippen LogP contribution in [-0.4, -0.2) is 61.4 Å². The van der Waals surface area contributed by atoms with Gasteiger partial charge < -0.3 is 16.0 Å². The molecule has 3 N–H and O–H groups in total. The fraction of sp³-hybridized carbons (Fsp3) is 0.333. The van der Waals surface area contributed by atoms with Crippen molar-refractivity contribution in [2.75, 3.05) is 39.0 Å². The van der Waals surface area contributed by atoms with Gasteiger partial charge in [0.15, 0.2) is 0 Å². The van der Waals surface area contributed by atoms with Crippen LogP contribution in [0.4, 0.5) is 5.69 Å². The third-order valence-electron chi connectivity index (χ3n) is 4.86. The first-order valence-electron chi connectivity index (χ1n) is 9.08. The predicted molar refractivity (Wildman–Crippen MR) is 107 cm³/mol. The van der Waals surface area contributed by atoms with Crippen LogP contribution in [0, 0.1) is 0 Å². The van der Waals surface area contributed by atoms with Gasteiger partial charge >= 0.3 is 0 Å². The molecular formula is C21H26N4O2. The summed E-state index contributed by atoms with van der Waals surface area (Å²) >= 11 is 0. The fourth-order valence-electron chi connectivity index (χ4n) is 3.45. The summed E-state index contributed by atoms with van der Waals surface area (Å²) in [5.74, 6) is 0.101. The molecule has 0 radical (unpaired) electrons. The van der Waals surface area contributed by atoms with E-state index in [1.54, 1.807) is 38.4 Å². The molecule has 2 aromatic carbocycles. The van der Waals surface area contributed by atoms with Gasteiger partial charge in [0.25, 0.3) is 5.91 Å². The number of carbonyl (C=O) groups is 2. The molecule has 0 aliphatic carbocycles. The van der Waals surface area contributed by atoms with Gasteiger partial charge in [0.2, 0.25) is 5.91 Å². The summed E-state index contributed by atoms with van der Waals surface area (Å²) in [5.41, 5.74) is 8.78. The second-order valence-electron chi connectivity index (χ2n) is 7.20. The lowest BCUT2D eigenvalue weighted by molar-refractivity contribution is -0.117. The minimum atomic E-state index is -0.0809. The Bertz CT molecular complexity index is 790.